The molecule has 4 heteroatoms. The molecule has 3 nitrogen and oxygen atoms in total. The lowest BCUT2D eigenvalue weighted by Gasteiger charge is -2.11. The van der Waals surface area contributed by atoms with Crippen molar-refractivity contribution in [3.8, 4) is 0 Å². The summed E-state index contributed by atoms with van der Waals surface area (Å²) in [5, 5.41) is 9.78. The van der Waals surface area contributed by atoms with E-state index >= 15 is 0 Å². The number of halogens is 1. The smallest absolute Gasteiger partial charge is 0.0993 e. The minimum atomic E-state index is -0.503. The largest absolute Gasteiger partial charge is 0.377 e. The van der Waals surface area contributed by atoms with Crippen LogP contribution in [0.1, 0.15) is 6.42 Å². The summed E-state index contributed by atoms with van der Waals surface area (Å²) in [6.45, 7) is -0.0739. The maximum Gasteiger partial charge on any atom is 0.0993 e. The molecule has 1 atom stereocenters. The Labute approximate surface area is 60.3 Å². The molecule has 1 unspecified atom stereocenters. The molecule has 0 radical (unpaired) electrons. The third-order valence-electron chi connectivity index (χ3n) is 1.38. The molecule has 0 aliphatic rings. The molecule has 0 aromatic heterocycles. The van der Waals surface area contributed by atoms with E-state index in [1.54, 1.807) is 7.05 Å². The third-order valence-corrected chi connectivity index (χ3v) is 1.38. The number of nitrogens with one attached hydrogen (secondary N) is 2. The maximum atomic E-state index is 12.0. The third kappa shape index (κ3) is 2.77. The van der Waals surface area contributed by atoms with Gasteiger partial charge in [0, 0.05) is 13.0 Å². The van der Waals surface area contributed by atoms with E-state index in [9.17, 15) is 4.39 Å². The molecule has 0 bridgehead atoms. The Bertz CT molecular complexity index is 105. The first-order valence-corrected chi connectivity index (χ1v) is 3.28. The average molecular weight is 147 g/mol. The van der Waals surface area contributed by atoms with Crippen molar-refractivity contribution in [2.45, 2.75) is 6.42 Å². The monoisotopic (exact) mass is 147 g/mol. The molecule has 0 aliphatic heterocycles. The number of rotatable bonds is 4. The standard InChI is InChI=1S/C6H14FN3/c1-10-6(9)5(4-7)2-3-8/h5H,2-4,8H2,1H3,(H2,9,10). The summed E-state index contributed by atoms with van der Waals surface area (Å²) in [5.41, 5.74) is 5.21. The van der Waals surface area contributed by atoms with Crippen LogP contribution < -0.4 is 11.1 Å². The fourth-order valence-electron chi connectivity index (χ4n) is 0.704. The van der Waals surface area contributed by atoms with Crippen LogP contribution in [0.4, 0.5) is 4.39 Å². The van der Waals surface area contributed by atoms with Crippen LogP contribution in [-0.4, -0.2) is 26.1 Å². The quantitative estimate of drug-likeness (QED) is 0.390. The van der Waals surface area contributed by atoms with Crippen LogP contribution in [-0.2, 0) is 0 Å². The van der Waals surface area contributed by atoms with Crippen LogP contribution in [0, 0.1) is 11.3 Å². The van der Waals surface area contributed by atoms with Gasteiger partial charge in [-0.2, -0.15) is 0 Å². The van der Waals surface area contributed by atoms with Gasteiger partial charge in [0.25, 0.3) is 0 Å². The Morgan fingerprint density at radius 3 is 2.70 bits per heavy atom. The van der Waals surface area contributed by atoms with Gasteiger partial charge in [-0.15, -0.1) is 0 Å². The van der Waals surface area contributed by atoms with Crippen LogP contribution in [0.5, 0.6) is 0 Å². The summed E-state index contributed by atoms with van der Waals surface area (Å²) in [5.74, 6) is -0.108. The van der Waals surface area contributed by atoms with Gasteiger partial charge in [-0.3, -0.25) is 9.80 Å². The van der Waals surface area contributed by atoms with Gasteiger partial charge >= 0.3 is 0 Å². The molecule has 0 rings (SSSR count). The van der Waals surface area contributed by atoms with E-state index in [0.29, 0.717) is 13.0 Å². The van der Waals surface area contributed by atoms with Gasteiger partial charge < -0.3 is 11.1 Å². The Hall–Kier alpha value is -0.640. The lowest BCUT2D eigenvalue weighted by molar-refractivity contribution is 0.408. The van der Waals surface area contributed by atoms with Gasteiger partial charge in [0.2, 0.25) is 0 Å². The van der Waals surface area contributed by atoms with Gasteiger partial charge in [-0.25, -0.2) is 0 Å². The van der Waals surface area contributed by atoms with Gasteiger partial charge in [0.15, 0.2) is 0 Å². The van der Waals surface area contributed by atoms with Gasteiger partial charge in [0.05, 0.1) is 12.5 Å². The molecule has 0 fully saturated rings. The maximum absolute atomic E-state index is 12.0. The summed E-state index contributed by atoms with van der Waals surface area (Å²) < 4.78 is 12.0. The summed E-state index contributed by atoms with van der Waals surface area (Å²) in [6, 6.07) is 0. The normalized spacial score (nSPS) is 12.7. The highest BCUT2D eigenvalue weighted by Crippen LogP contribution is 2.01. The Balaban J connectivity index is 3.68. The Morgan fingerprint density at radius 2 is 2.40 bits per heavy atom. The number of nitrogens with two attached hydrogens (primary N) is 1. The van der Waals surface area contributed by atoms with Crippen LogP contribution in [0.15, 0.2) is 0 Å². The van der Waals surface area contributed by atoms with E-state index in [4.69, 9.17) is 11.1 Å². The van der Waals surface area contributed by atoms with Gasteiger partial charge in [-0.05, 0) is 13.0 Å². The zero-order valence-corrected chi connectivity index (χ0v) is 6.15. The summed E-state index contributed by atoms with van der Waals surface area (Å²) in [6.07, 6.45) is 0.538. The van der Waals surface area contributed by atoms with E-state index in [2.05, 4.69) is 5.32 Å². The second-order valence-electron chi connectivity index (χ2n) is 2.09. The molecular formula is C6H14FN3. The number of hydrogen-bond donors (Lipinski definition) is 3. The molecule has 0 aromatic carbocycles. The second-order valence-corrected chi connectivity index (χ2v) is 2.09. The first-order valence-electron chi connectivity index (χ1n) is 3.28. The van der Waals surface area contributed by atoms with Gasteiger partial charge in [0.1, 0.15) is 0 Å². The summed E-state index contributed by atoms with van der Waals surface area (Å²) in [4.78, 5) is 0. The fraction of sp³-hybridized carbons (Fsp3) is 0.833. The highest BCUT2D eigenvalue weighted by atomic mass is 19.1. The van der Waals surface area contributed by atoms with Crippen LogP contribution in [0.3, 0.4) is 0 Å². The van der Waals surface area contributed by atoms with Gasteiger partial charge in [-0.1, -0.05) is 0 Å². The Kier molecular flexibility index (Phi) is 4.84. The highest BCUT2D eigenvalue weighted by molar-refractivity contribution is 5.81. The van der Waals surface area contributed by atoms with Crippen molar-refractivity contribution in [2.75, 3.05) is 20.3 Å². The van der Waals surface area contributed by atoms with Crippen molar-refractivity contribution in [1.82, 2.24) is 5.32 Å². The lowest BCUT2D eigenvalue weighted by atomic mass is 10.1. The molecule has 4 N–H and O–H groups in total. The molecule has 0 aliphatic carbocycles. The van der Waals surface area contributed by atoms with Crippen LogP contribution >= 0.6 is 0 Å². The average Bonchev–Trinajstić information content (AvgIpc) is 1.99. The zero-order valence-electron chi connectivity index (χ0n) is 6.15. The number of alkyl halides is 1. The molecule has 10 heavy (non-hydrogen) atoms. The minimum absolute atomic E-state index is 0.230. The van der Waals surface area contributed by atoms with Crippen molar-refractivity contribution in [3.05, 3.63) is 0 Å². The number of amidine groups is 1. The van der Waals surface area contributed by atoms with Crippen LogP contribution in [0.25, 0.3) is 0 Å². The predicted octanol–water partition coefficient (Wildman–Crippen LogP) is 0.118. The van der Waals surface area contributed by atoms with E-state index in [1.807, 2.05) is 0 Å². The molecule has 60 valence electrons. The molecular weight excluding hydrogens is 133 g/mol. The molecule has 0 amide bonds. The molecule has 0 spiro atoms. The summed E-state index contributed by atoms with van der Waals surface area (Å²) >= 11 is 0. The van der Waals surface area contributed by atoms with E-state index in [1.165, 1.54) is 0 Å². The molecule has 0 aromatic rings. The second kappa shape index (κ2) is 5.17. The van der Waals surface area contributed by atoms with E-state index in [0.717, 1.165) is 0 Å². The first-order chi connectivity index (χ1) is 4.76. The lowest BCUT2D eigenvalue weighted by Crippen LogP contribution is -2.29. The highest BCUT2D eigenvalue weighted by Gasteiger charge is 2.11. The van der Waals surface area contributed by atoms with Crippen molar-refractivity contribution in [3.63, 3.8) is 0 Å². The SMILES string of the molecule is CNC(=N)C(CF)CCN. The van der Waals surface area contributed by atoms with Crippen molar-refractivity contribution >= 4 is 5.84 Å². The predicted molar refractivity (Wildman–Crippen MR) is 39.9 cm³/mol. The first kappa shape index (κ1) is 9.36. The van der Waals surface area contributed by atoms with E-state index < -0.39 is 6.67 Å². The molecule has 0 saturated carbocycles. The zero-order chi connectivity index (χ0) is 7.98. The number of hydrogen-bond acceptors (Lipinski definition) is 2. The fourth-order valence-corrected chi connectivity index (χ4v) is 0.704. The summed E-state index contributed by atoms with van der Waals surface area (Å²) in [7, 11) is 1.61. The Morgan fingerprint density at radius 1 is 1.80 bits per heavy atom. The van der Waals surface area contributed by atoms with Crippen molar-refractivity contribution in [2.24, 2.45) is 11.7 Å². The molecule has 0 heterocycles. The van der Waals surface area contributed by atoms with Crippen LogP contribution in [0.2, 0.25) is 0 Å². The van der Waals surface area contributed by atoms with Crippen molar-refractivity contribution in [1.29, 1.82) is 5.41 Å². The van der Waals surface area contributed by atoms with E-state index in [-0.39, 0.29) is 11.8 Å². The van der Waals surface area contributed by atoms with Crippen molar-refractivity contribution < 1.29 is 4.39 Å². The minimum Gasteiger partial charge on any atom is -0.377 e. The topological polar surface area (TPSA) is 61.9 Å². The molecule has 0 saturated heterocycles.